The van der Waals surface area contributed by atoms with Gasteiger partial charge in [0.25, 0.3) is 5.24 Å². The van der Waals surface area contributed by atoms with E-state index in [0.29, 0.717) is 11.4 Å². The largest absolute Gasteiger partial charge is 0.274 e. The zero-order valence-electron chi connectivity index (χ0n) is 10.1. The molecule has 0 aliphatic carbocycles. The number of hydrogen-bond acceptors (Lipinski definition) is 3. The molecule has 3 nitrogen and oxygen atoms in total. The Morgan fingerprint density at radius 2 is 2.00 bits per heavy atom. The fraction of sp³-hybridized carbons (Fsp3) is 0. The van der Waals surface area contributed by atoms with Crippen molar-refractivity contribution in [1.82, 2.24) is 9.78 Å². The van der Waals surface area contributed by atoms with Crippen LogP contribution in [0.3, 0.4) is 0 Å². The van der Waals surface area contributed by atoms with E-state index in [0.717, 1.165) is 4.88 Å². The molecule has 0 fully saturated rings. The molecule has 0 unspecified atom stereocenters. The second kappa shape index (κ2) is 5.19. The third-order valence-corrected chi connectivity index (χ3v) is 3.84. The van der Waals surface area contributed by atoms with Crippen molar-refractivity contribution < 1.29 is 9.18 Å². The zero-order chi connectivity index (χ0) is 14.1. The van der Waals surface area contributed by atoms with Gasteiger partial charge in [-0.2, -0.15) is 5.10 Å². The first-order valence-electron chi connectivity index (χ1n) is 5.75. The molecule has 0 aliphatic rings. The van der Waals surface area contributed by atoms with Crippen molar-refractivity contribution in [1.29, 1.82) is 0 Å². The van der Waals surface area contributed by atoms with E-state index in [1.54, 1.807) is 18.2 Å². The van der Waals surface area contributed by atoms with Gasteiger partial charge in [0, 0.05) is 0 Å². The van der Waals surface area contributed by atoms with Crippen LogP contribution in [0.15, 0.2) is 47.8 Å². The van der Waals surface area contributed by atoms with E-state index in [9.17, 15) is 9.18 Å². The Kier molecular flexibility index (Phi) is 3.38. The molecule has 0 amide bonds. The van der Waals surface area contributed by atoms with Crippen molar-refractivity contribution in [3.05, 3.63) is 59.4 Å². The fourth-order valence-corrected chi connectivity index (χ4v) is 2.66. The summed E-state index contributed by atoms with van der Waals surface area (Å²) in [5.41, 5.74) is 1.49. The van der Waals surface area contributed by atoms with Gasteiger partial charge >= 0.3 is 0 Å². The van der Waals surface area contributed by atoms with Crippen LogP contribution in [0.5, 0.6) is 0 Å². The van der Waals surface area contributed by atoms with Gasteiger partial charge in [0.2, 0.25) is 0 Å². The van der Waals surface area contributed by atoms with Gasteiger partial charge in [-0.3, -0.25) is 4.79 Å². The van der Waals surface area contributed by atoms with Gasteiger partial charge in [-0.25, -0.2) is 9.07 Å². The minimum absolute atomic E-state index is 0.252. The van der Waals surface area contributed by atoms with Gasteiger partial charge in [-0.15, -0.1) is 11.3 Å². The maximum atomic E-state index is 13.0. The van der Waals surface area contributed by atoms with Crippen molar-refractivity contribution in [2.45, 2.75) is 0 Å². The topological polar surface area (TPSA) is 34.9 Å². The highest BCUT2D eigenvalue weighted by molar-refractivity contribution is 7.13. The minimum atomic E-state index is -0.607. The minimum Gasteiger partial charge on any atom is -0.274 e. The van der Waals surface area contributed by atoms with Crippen molar-refractivity contribution in [3.8, 4) is 16.3 Å². The smallest absolute Gasteiger partial charge is 0.270 e. The lowest BCUT2D eigenvalue weighted by molar-refractivity contribution is 0.107. The third-order valence-electron chi connectivity index (χ3n) is 2.76. The summed E-state index contributed by atoms with van der Waals surface area (Å²) in [5, 5.41) is 5.69. The third kappa shape index (κ3) is 2.37. The molecule has 100 valence electrons. The Hall–Kier alpha value is -1.98. The summed E-state index contributed by atoms with van der Waals surface area (Å²) >= 11 is 7.11. The first-order chi connectivity index (χ1) is 9.65. The normalized spacial score (nSPS) is 10.7. The van der Waals surface area contributed by atoms with Crippen molar-refractivity contribution >= 4 is 28.2 Å². The van der Waals surface area contributed by atoms with Gasteiger partial charge in [0.15, 0.2) is 0 Å². The number of aromatic nitrogens is 2. The molecule has 0 saturated carbocycles. The van der Waals surface area contributed by atoms with Gasteiger partial charge in [0.05, 0.1) is 10.6 Å². The Balaban J connectivity index is 2.14. The van der Waals surface area contributed by atoms with Gasteiger partial charge in [-0.05, 0) is 53.4 Å². The van der Waals surface area contributed by atoms with E-state index in [1.165, 1.54) is 28.2 Å². The van der Waals surface area contributed by atoms with E-state index >= 15 is 0 Å². The quantitative estimate of drug-likeness (QED) is 0.682. The number of benzene rings is 1. The molecule has 0 bridgehead atoms. The average molecular weight is 307 g/mol. The van der Waals surface area contributed by atoms with Crippen LogP contribution >= 0.6 is 22.9 Å². The summed E-state index contributed by atoms with van der Waals surface area (Å²) in [6, 6.07) is 11.1. The van der Waals surface area contributed by atoms with E-state index in [-0.39, 0.29) is 11.5 Å². The Morgan fingerprint density at radius 3 is 2.60 bits per heavy atom. The fourth-order valence-electron chi connectivity index (χ4n) is 1.84. The van der Waals surface area contributed by atoms with Crippen LogP contribution in [0.4, 0.5) is 4.39 Å². The van der Waals surface area contributed by atoms with E-state index < -0.39 is 5.24 Å². The number of thiophene rings is 1. The number of carbonyl (C=O) groups excluding carboxylic acids is 1. The molecular formula is C14H8ClFN2OS. The summed E-state index contributed by atoms with van der Waals surface area (Å²) < 4.78 is 14.4. The molecule has 20 heavy (non-hydrogen) atoms. The predicted octanol–water partition coefficient (Wildman–Crippen LogP) is 4.12. The van der Waals surface area contributed by atoms with E-state index in [2.05, 4.69) is 5.10 Å². The molecule has 1 aromatic carbocycles. The predicted molar refractivity (Wildman–Crippen MR) is 77.0 cm³/mol. The maximum absolute atomic E-state index is 13.0. The Bertz CT molecular complexity index is 750. The van der Waals surface area contributed by atoms with Crippen molar-refractivity contribution in [2.75, 3.05) is 0 Å². The summed E-state index contributed by atoms with van der Waals surface area (Å²) in [7, 11) is 0. The van der Waals surface area contributed by atoms with Crippen molar-refractivity contribution in [3.63, 3.8) is 0 Å². The van der Waals surface area contributed by atoms with Gasteiger partial charge < -0.3 is 0 Å². The monoisotopic (exact) mass is 306 g/mol. The highest BCUT2D eigenvalue weighted by Crippen LogP contribution is 2.26. The number of rotatable bonds is 3. The average Bonchev–Trinajstić information content (AvgIpc) is 3.08. The lowest BCUT2D eigenvalue weighted by atomic mass is 10.3. The van der Waals surface area contributed by atoms with Crippen LogP contribution in [0, 0.1) is 5.82 Å². The Morgan fingerprint density at radius 1 is 1.25 bits per heavy atom. The summed E-state index contributed by atoms with van der Waals surface area (Å²) in [5.74, 6) is -0.349. The Labute approximate surface area is 123 Å². The van der Waals surface area contributed by atoms with Crippen LogP contribution in [-0.2, 0) is 0 Å². The molecule has 2 heterocycles. The molecule has 2 aromatic heterocycles. The number of hydrogen-bond donors (Lipinski definition) is 0. The second-order valence-corrected chi connectivity index (χ2v) is 5.35. The maximum Gasteiger partial charge on any atom is 0.270 e. The standard InChI is InChI=1S/C14H8ClFN2OS/c15-14(19)12-8-11(13-2-1-7-20-13)17-18(12)10-5-3-9(16)4-6-10/h1-8H. The summed E-state index contributed by atoms with van der Waals surface area (Å²) in [6.45, 7) is 0. The summed E-state index contributed by atoms with van der Waals surface area (Å²) in [4.78, 5) is 12.5. The molecule has 3 aromatic rings. The number of carbonyl (C=O) groups is 1. The van der Waals surface area contributed by atoms with Crippen LogP contribution in [-0.4, -0.2) is 15.0 Å². The highest BCUT2D eigenvalue weighted by atomic mass is 35.5. The highest BCUT2D eigenvalue weighted by Gasteiger charge is 2.16. The van der Waals surface area contributed by atoms with Crippen LogP contribution in [0.25, 0.3) is 16.3 Å². The van der Waals surface area contributed by atoms with E-state index in [4.69, 9.17) is 11.6 Å². The van der Waals surface area contributed by atoms with Gasteiger partial charge in [-0.1, -0.05) is 6.07 Å². The number of nitrogens with zero attached hydrogens (tertiary/aromatic N) is 2. The molecule has 0 saturated heterocycles. The molecule has 0 spiro atoms. The van der Waals surface area contributed by atoms with Crippen molar-refractivity contribution in [2.24, 2.45) is 0 Å². The molecule has 6 heteroatoms. The molecule has 0 radical (unpaired) electrons. The SMILES string of the molecule is O=C(Cl)c1cc(-c2cccs2)nn1-c1ccc(F)cc1. The molecule has 0 N–H and O–H groups in total. The van der Waals surface area contributed by atoms with E-state index in [1.807, 2.05) is 17.5 Å². The first kappa shape index (κ1) is 13.0. The van der Waals surface area contributed by atoms with Crippen LogP contribution in [0.1, 0.15) is 10.5 Å². The number of halogens is 2. The molecule has 0 atom stereocenters. The second-order valence-electron chi connectivity index (χ2n) is 4.05. The van der Waals surface area contributed by atoms with Crippen LogP contribution in [0.2, 0.25) is 0 Å². The van der Waals surface area contributed by atoms with Gasteiger partial charge in [0.1, 0.15) is 17.2 Å². The zero-order valence-corrected chi connectivity index (χ0v) is 11.7. The van der Waals surface area contributed by atoms with Crippen LogP contribution < -0.4 is 0 Å². The first-order valence-corrected chi connectivity index (χ1v) is 7.00. The molecular weight excluding hydrogens is 299 g/mol. The summed E-state index contributed by atoms with van der Waals surface area (Å²) in [6.07, 6.45) is 0. The lowest BCUT2D eigenvalue weighted by Gasteiger charge is -2.03. The lowest BCUT2D eigenvalue weighted by Crippen LogP contribution is -2.04. The molecule has 0 aliphatic heterocycles. The molecule has 3 rings (SSSR count).